The Morgan fingerprint density at radius 3 is 2.32 bits per heavy atom. The molecule has 220 valence electrons. The summed E-state index contributed by atoms with van der Waals surface area (Å²) in [5.41, 5.74) is 9.38. The summed E-state index contributed by atoms with van der Waals surface area (Å²) in [4.78, 5) is 28.2. The molecule has 2 aliphatic rings. The van der Waals surface area contributed by atoms with Crippen LogP contribution in [0.3, 0.4) is 0 Å². The predicted molar refractivity (Wildman–Crippen MR) is 163 cm³/mol. The number of aryl methyl sites for hydroxylation is 2. The molecule has 1 amide bonds. The Balaban J connectivity index is 1.32. The Hall–Kier alpha value is -3.12. The van der Waals surface area contributed by atoms with Crippen LogP contribution in [0.5, 0.6) is 5.75 Å². The molecule has 5 rings (SSSR count). The number of benzene rings is 2. The minimum absolute atomic E-state index is 0.0450. The summed E-state index contributed by atoms with van der Waals surface area (Å²) in [6, 6.07) is 3.92. The number of carbonyl (C=O) groups excluding carboxylic acids is 1. The lowest BCUT2D eigenvalue weighted by Crippen LogP contribution is -2.54. The zero-order valence-corrected chi connectivity index (χ0v) is 25.8. The molecule has 0 spiro atoms. The van der Waals surface area contributed by atoms with Crippen LogP contribution in [0.15, 0.2) is 21.3 Å². The number of nitrogens with zero attached hydrogens (tertiary/aromatic N) is 1. The van der Waals surface area contributed by atoms with Gasteiger partial charge in [0.1, 0.15) is 17.9 Å². The number of ether oxygens (including phenoxy) is 1. The van der Waals surface area contributed by atoms with Crippen LogP contribution < -0.4 is 10.4 Å². The van der Waals surface area contributed by atoms with Crippen LogP contribution in [0, 0.1) is 54.4 Å². The van der Waals surface area contributed by atoms with E-state index in [-0.39, 0.29) is 23.9 Å². The average molecular weight is 560 g/mol. The van der Waals surface area contributed by atoms with Gasteiger partial charge < -0.3 is 19.2 Å². The Kier molecular flexibility index (Phi) is 8.08. The van der Waals surface area contributed by atoms with E-state index < -0.39 is 5.60 Å². The maximum Gasteiger partial charge on any atom is 0.339 e. The number of rotatable bonds is 6. The second kappa shape index (κ2) is 11.3. The lowest BCUT2D eigenvalue weighted by atomic mass is 9.71. The predicted octanol–water partition coefficient (Wildman–Crippen LogP) is 6.62. The zero-order chi connectivity index (χ0) is 29.6. The first-order valence-electron chi connectivity index (χ1n) is 15.2. The normalized spacial score (nSPS) is 20.8. The van der Waals surface area contributed by atoms with Crippen molar-refractivity contribution in [3.8, 4) is 5.75 Å². The second-order valence-corrected chi connectivity index (χ2v) is 12.6. The summed E-state index contributed by atoms with van der Waals surface area (Å²) in [6.07, 6.45) is 5.25. The quantitative estimate of drug-likeness (QED) is 0.344. The fourth-order valence-electron chi connectivity index (χ4n) is 7.15. The molecule has 1 saturated carbocycles. The molecule has 0 bridgehead atoms. The zero-order valence-electron chi connectivity index (χ0n) is 25.8. The highest BCUT2D eigenvalue weighted by Gasteiger charge is 2.43. The Morgan fingerprint density at radius 2 is 1.61 bits per heavy atom. The molecule has 1 aromatic heterocycles. The van der Waals surface area contributed by atoms with E-state index in [2.05, 4.69) is 34.6 Å². The molecule has 1 saturated heterocycles. The molecule has 2 heterocycles. The molecule has 2 aromatic carbocycles. The number of hydrogen-bond donors (Lipinski definition) is 1. The van der Waals surface area contributed by atoms with Gasteiger partial charge in [-0.2, -0.15) is 0 Å². The summed E-state index contributed by atoms with van der Waals surface area (Å²) >= 11 is 0. The van der Waals surface area contributed by atoms with Gasteiger partial charge in [0.15, 0.2) is 0 Å². The largest absolute Gasteiger partial charge is 0.488 e. The second-order valence-electron chi connectivity index (χ2n) is 12.6. The first-order chi connectivity index (χ1) is 19.4. The monoisotopic (exact) mass is 559 g/mol. The lowest BCUT2D eigenvalue weighted by Gasteiger charge is -2.47. The highest BCUT2D eigenvalue weighted by molar-refractivity contribution is 5.86. The van der Waals surface area contributed by atoms with Crippen LogP contribution in [0.25, 0.3) is 11.0 Å². The highest BCUT2D eigenvalue weighted by Crippen LogP contribution is 2.40. The standard InChI is InChI=1S/C35H45NO5/c1-20-21(2)23(4)30(24(5)22(20)3)19-40-31-13-11-28-25(6)29(34(38)41-33(28)26(31)7)12-14-32(37)36-17-16-35(39)15-9-8-10-27(35)18-36/h11,13,27,39H,8-10,12,14-19H2,1-7H3/t27-,35+/m1/s1. The number of amides is 1. The van der Waals surface area contributed by atoms with Gasteiger partial charge in [0.05, 0.1) is 5.60 Å². The van der Waals surface area contributed by atoms with E-state index in [9.17, 15) is 14.7 Å². The van der Waals surface area contributed by atoms with Gasteiger partial charge in [-0.15, -0.1) is 0 Å². The van der Waals surface area contributed by atoms with Crippen molar-refractivity contribution in [3.05, 3.63) is 72.6 Å². The molecular formula is C35H45NO5. The molecule has 6 heteroatoms. The fourth-order valence-corrected chi connectivity index (χ4v) is 7.15. The average Bonchev–Trinajstić information content (AvgIpc) is 2.95. The number of hydrogen-bond acceptors (Lipinski definition) is 5. The topological polar surface area (TPSA) is 80.0 Å². The van der Waals surface area contributed by atoms with Crippen molar-refractivity contribution in [2.75, 3.05) is 13.1 Å². The van der Waals surface area contributed by atoms with E-state index in [1.807, 2.05) is 30.9 Å². The van der Waals surface area contributed by atoms with Crippen molar-refractivity contribution in [1.82, 2.24) is 4.90 Å². The van der Waals surface area contributed by atoms with Gasteiger partial charge in [-0.05, 0) is 125 Å². The number of likely N-dealkylation sites (tertiary alicyclic amines) is 1. The van der Waals surface area contributed by atoms with Gasteiger partial charge in [-0.1, -0.05) is 12.8 Å². The highest BCUT2D eigenvalue weighted by atomic mass is 16.5. The lowest BCUT2D eigenvalue weighted by molar-refractivity contribution is -0.143. The Morgan fingerprint density at radius 1 is 0.927 bits per heavy atom. The molecule has 1 aliphatic heterocycles. The van der Waals surface area contributed by atoms with Crippen molar-refractivity contribution in [1.29, 1.82) is 0 Å². The van der Waals surface area contributed by atoms with E-state index >= 15 is 0 Å². The van der Waals surface area contributed by atoms with Crippen molar-refractivity contribution in [2.24, 2.45) is 5.92 Å². The molecule has 1 N–H and O–H groups in total. The molecule has 1 aliphatic carbocycles. The minimum atomic E-state index is -0.610. The number of fused-ring (bicyclic) bond motifs is 2. The van der Waals surface area contributed by atoms with E-state index in [4.69, 9.17) is 9.15 Å². The third-order valence-corrected chi connectivity index (χ3v) is 10.6. The molecule has 0 radical (unpaired) electrons. The van der Waals surface area contributed by atoms with Crippen LogP contribution in [-0.2, 0) is 17.8 Å². The third kappa shape index (κ3) is 5.31. The molecule has 2 fully saturated rings. The van der Waals surface area contributed by atoms with E-state index in [0.717, 1.165) is 42.2 Å². The van der Waals surface area contributed by atoms with Crippen LogP contribution in [0.4, 0.5) is 0 Å². The maximum absolute atomic E-state index is 13.1. The van der Waals surface area contributed by atoms with Crippen LogP contribution in [0.2, 0.25) is 0 Å². The van der Waals surface area contributed by atoms with Crippen LogP contribution >= 0.6 is 0 Å². The van der Waals surface area contributed by atoms with Gasteiger partial charge in [0.2, 0.25) is 5.91 Å². The fraction of sp³-hybridized carbons (Fsp3) is 0.543. The Bertz CT molecular complexity index is 1540. The summed E-state index contributed by atoms with van der Waals surface area (Å²) in [5.74, 6) is 0.904. The molecule has 41 heavy (non-hydrogen) atoms. The first kappa shape index (κ1) is 29.4. The van der Waals surface area contributed by atoms with Gasteiger partial charge in [0, 0.05) is 41.9 Å². The number of carbonyl (C=O) groups is 1. The van der Waals surface area contributed by atoms with Gasteiger partial charge >= 0.3 is 5.63 Å². The summed E-state index contributed by atoms with van der Waals surface area (Å²) < 4.78 is 12.2. The smallest absolute Gasteiger partial charge is 0.339 e. The van der Waals surface area contributed by atoms with Crippen molar-refractivity contribution >= 4 is 16.9 Å². The maximum atomic E-state index is 13.1. The molecule has 6 nitrogen and oxygen atoms in total. The van der Waals surface area contributed by atoms with Crippen molar-refractivity contribution in [2.45, 2.75) is 106 Å². The molecular weight excluding hydrogens is 514 g/mol. The van der Waals surface area contributed by atoms with Gasteiger partial charge in [-0.3, -0.25) is 4.79 Å². The van der Waals surface area contributed by atoms with Crippen molar-refractivity contribution in [3.63, 3.8) is 0 Å². The first-order valence-corrected chi connectivity index (χ1v) is 15.2. The van der Waals surface area contributed by atoms with E-state index in [0.29, 0.717) is 49.4 Å². The molecule has 2 atom stereocenters. The van der Waals surface area contributed by atoms with Crippen LogP contribution in [0.1, 0.15) is 88.6 Å². The molecule has 0 unspecified atom stereocenters. The summed E-state index contributed by atoms with van der Waals surface area (Å²) in [7, 11) is 0. The molecule has 3 aromatic rings. The van der Waals surface area contributed by atoms with Crippen LogP contribution in [-0.4, -0.2) is 34.6 Å². The van der Waals surface area contributed by atoms with Crippen molar-refractivity contribution < 1.29 is 19.1 Å². The number of piperidine rings is 1. The number of aliphatic hydroxyl groups is 1. The Labute approximate surface area is 243 Å². The van der Waals surface area contributed by atoms with E-state index in [1.54, 1.807) is 0 Å². The van der Waals surface area contributed by atoms with Gasteiger partial charge in [-0.25, -0.2) is 4.79 Å². The summed E-state index contributed by atoms with van der Waals surface area (Å²) in [6.45, 7) is 16.3. The minimum Gasteiger partial charge on any atom is -0.488 e. The van der Waals surface area contributed by atoms with E-state index in [1.165, 1.54) is 33.4 Å². The summed E-state index contributed by atoms with van der Waals surface area (Å²) in [5, 5.41) is 11.8. The van der Waals surface area contributed by atoms with Gasteiger partial charge in [0.25, 0.3) is 0 Å². The third-order valence-electron chi connectivity index (χ3n) is 10.6. The SMILES string of the molecule is Cc1c(C)c(C)c(COc2ccc3c(C)c(CCC(=O)N4CC[C@@]5(O)CCCC[C@@H]5C4)c(=O)oc3c2C)c(C)c1C.